The number of ether oxygens (including phenoxy) is 2. The molecule has 0 N–H and O–H groups in total. The van der Waals surface area contributed by atoms with Crippen LogP contribution in [-0.4, -0.2) is 24.1 Å². The van der Waals surface area contributed by atoms with Crippen LogP contribution in [0.15, 0.2) is 48.6 Å². The van der Waals surface area contributed by atoms with Gasteiger partial charge in [0.15, 0.2) is 0 Å². The fourth-order valence-electron chi connectivity index (χ4n) is 6.43. The van der Waals surface area contributed by atoms with Crippen molar-refractivity contribution < 1.29 is 19.1 Å². The Morgan fingerprint density at radius 1 is 0.479 bits per heavy atom. The van der Waals surface area contributed by atoms with E-state index in [9.17, 15) is 9.59 Å². The highest BCUT2D eigenvalue weighted by molar-refractivity contribution is 5.70. The standard InChI is InChI=1S/C44H76O4/c1-4-7-9-11-13-15-17-19-21-23-25-27-29-31-33-35-43(45)47-41-38-37-40(6-3)39-42(41)48-44(46)36-34-32-30-28-26-24-22-20-18-16-14-12-10-8-5-2/h13-16,19-22,40-42H,4-12,17-18,23-39H2,1-3H3/b15-13-,16-14-,21-19-,22-20-/t40-,41+,42-/m1/s1. The summed E-state index contributed by atoms with van der Waals surface area (Å²) in [5, 5.41) is 0. The average Bonchev–Trinajstić information content (AvgIpc) is 3.09. The third kappa shape index (κ3) is 26.8. The van der Waals surface area contributed by atoms with E-state index >= 15 is 0 Å². The molecule has 4 nitrogen and oxygen atoms in total. The SMILES string of the molecule is CCCCC/C=C\C/C=C\CCCCCCCC(=O)O[C@H]1CC[C@@H](CC)C[C@H]1OC(=O)CCCCCCC/C=C\C/C=C\CCCCC. The minimum atomic E-state index is -0.289. The Hall–Kier alpha value is -2.10. The van der Waals surface area contributed by atoms with Gasteiger partial charge in [-0.2, -0.15) is 0 Å². The molecule has 1 aliphatic carbocycles. The van der Waals surface area contributed by atoms with Crippen LogP contribution >= 0.6 is 0 Å². The van der Waals surface area contributed by atoms with Crippen molar-refractivity contribution in [2.75, 3.05) is 0 Å². The number of carbonyl (C=O) groups excluding carboxylic acids is 2. The lowest BCUT2D eigenvalue weighted by Gasteiger charge is -2.35. The van der Waals surface area contributed by atoms with Gasteiger partial charge in [-0.15, -0.1) is 0 Å². The molecule has 48 heavy (non-hydrogen) atoms. The summed E-state index contributed by atoms with van der Waals surface area (Å²) in [5.74, 6) is 0.281. The predicted molar refractivity (Wildman–Crippen MR) is 206 cm³/mol. The highest BCUT2D eigenvalue weighted by Crippen LogP contribution is 2.31. The van der Waals surface area contributed by atoms with Crippen LogP contribution in [0.4, 0.5) is 0 Å². The van der Waals surface area contributed by atoms with E-state index in [1.54, 1.807) is 0 Å². The average molecular weight is 669 g/mol. The Bertz CT molecular complexity index is 869. The van der Waals surface area contributed by atoms with Crippen molar-refractivity contribution in [3.05, 3.63) is 48.6 Å². The first kappa shape index (κ1) is 43.9. The van der Waals surface area contributed by atoms with Crippen LogP contribution in [0.2, 0.25) is 0 Å². The Morgan fingerprint density at radius 2 is 0.875 bits per heavy atom. The molecule has 1 aliphatic rings. The summed E-state index contributed by atoms with van der Waals surface area (Å²) in [4.78, 5) is 25.4. The lowest BCUT2D eigenvalue weighted by atomic mass is 9.83. The largest absolute Gasteiger partial charge is 0.458 e. The topological polar surface area (TPSA) is 52.6 Å². The van der Waals surface area contributed by atoms with Gasteiger partial charge in [-0.05, 0) is 102 Å². The quantitative estimate of drug-likeness (QED) is 0.0419. The molecule has 0 radical (unpaired) electrons. The van der Waals surface area contributed by atoms with Crippen LogP contribution in [0.5, 0.6) is 0 Å². The van der Waals surface area contributed by atoms with E-state index in [1.165, 1.54) is 77.0 Å². The van der Waals surface area contributed by atoms with Crippen molar-refractivity contribution in [3.63, 3.8) is 0 Å². The molecule has 1 rings (SSSR count). The summed E-state index contributed by atoms with van der Waals surface area (Å²) in [6, 6.07) is 0. The van der Waals surface area contributed by atoms with Gasteiger partial charge < -0.3 is 9.47 Å². The number of esters is 2. The molecule has 1 fully saturated rings. The van der Waals surface area contributed by atoms with Gasteiger partial charge in [0.1, 0.15) is 12.2 Å². The van der Waals surface area contributed by atoms with Gasteiger partial charge in [-0.1, -0.05) is 140 Å². The smallest absolute Gasteiger partial charge is 0.306 e. The van der Waals surface area contributed by atoms with Crippen molar-refractivity contribution >= 4 is 11.9 Å². The summed E-state index contributed by atoms with van der Waals surface area (Å²) in [5.41, 5.74) is 0. The number of hydrogen-bond acceptors (Lipinski definition) is 4. The van der Waals surface area contributed by atoms with E-state index < -0.39 is 0 Å². The number of unbranched alkanes of at least 4 members (excludes halogenated alkanes) is 16. The molecular weight excluding hydrogens is 592 g/mol. The summed E-state index contributed by atoms with van der Waals surface area (Å²) in [6.45, 7) is 6.69. The van der Waals surface area contributed by atoms with Gasteiger partial charge >= 0.3 is 11.9 Å². The zero-order valence-electron chi connectivity index (χ0n) is 31.8. The molecule has 0 aromatic rings. The maximum absolute atomic E-state index is 12.7. The third-order valence-electron chi connectivity index (χ3n) is 9.65. The first-order valence-electron chi connectivity index (χ1n) is 20.6. The fraction of sp³-hybridized carbons (Fsp3) is 0.773. The molecule has 0 amide bonds. The number of rotatable bonds is 31. The number of carbonyl (C=O) groups is 2. The van der Waals surface area contributed by atoms with E-state index in [4.69, 9.17) is 9.47 Å². The molecule has 0 saturated heterocycles. The summed E-state index contributed by atoms with van der Waals surface area (Å²) >= 11 is 0. The first-order valence-corrected chi connectivity index (χ1v) is 20.6. The van der Waals surface area contributed by atoms with E-state index in [2.05, 4.69) is 69.4 Å². The van der Waals surface area contributed by atoms with E-state index in [-0.39, 0.29) is 24.1 Å². The molecule has 0 aromatic heterocycles. The Balaban J connectivity index is 2.14. The first-order chi connectivity index (χ1) is 23.6. The van der Waals surface area contributed by atoms with Crippen LogP contribution in [0.1, 0.15) is 201 Å². The van der Waals surface area contributed by atoms with Crippen molar-refractivity contribution in [2.24, 2.45) is 5.92 Å². The van der Waals surface area contributed by atoms with E-state index in [0.717, 1.165) is 89.9 Å². The highest BCUT2D eigenvalue weighted by Gasteiger charge is 2.35. The lowest BCUT2D eigenvalue weighted by Crippen LogP contribution is -2.40. The van der Waals surface area contributed by atoms with Gasteiger partial charge in [-0.3, -0.25) is 9.59 Å². The lowest BCUT2D eigenvalue weighted by molar-refractivity contribution is -0.173. The van der Waals surface area contributed by atoms with Gasteiger partial charge in [0.25, 0.3) is 0 Å². The van der Waals surface area contributed by atoms with Crippen molar-refractivity contribution in [1.29, 1.82) is 0 Å². The Kier molecular flexibility index (Phi) is 30.6. The molecule has 0 aliphatic heterocycles. The summed E-state index contributed by atoms with van der Waals surface area (Å²) < 4.78 is 11.9. The summed E-state index contributed by atoms with van der Waals surface area (Å²) in [7, 11) is 0. The van der Waals surface area contributed by atoms with Gasteiger partial charge in [-0.25, -0.2) is 0 Å². The van der Waals surface area contributed by atoms with Gasteiger partial charge in [0.05, 0.1) is 0 Å². The molecule has 0 aromatic carbocycles. The Labute approximate surface area is 297 Å². The fourth-order valence-corrected chi connectivity index (χ4v) is 6.43. The highest BCUT2D eigenvalue weighted by atomic mass is 16.6. The van der Waals surface area contributed by atoms with Crippen molar-refractivity contribution in [3.8, 4) is 0 Å². The van der Waals surface area contributed by atoms with Crippen LogP contribution < -0.4 is 0 Å². The number of allylic oxidation sites excluding steroid dienone is 8. The molecule has 3 atom stereocenters. The molecule has 1 saturated carbocycles. The predicted octanol–water partition coefficient (Wildman–Crippen LogP) is 13.6. The second-order valence-electron chi connectivity index (χ2n) is 14.1. The molecular formula is C44H76O4. The van der Waals surface area contributed by atoms with Crippen LogP contribution in [-0.2, 0) is 19.1 Å². The monoisotopic (exact) mass is 669 g/mol. The minimum Gasteiger partial charge on any atom is -0.458 e. The molecule has 0 bridgehead atoms. The van der Waals surface area contributed by atoms with Crippen LogP contribution in [0.25, 0.3) is 0 Å². The Morgan fingerprint density at radius 3 is 1.31 bits per heavy atom. The van der Waals surface area contributed by atoms with Crippen molar-refractivity contribution in [2.45, 2.75) is 213 Å². The van der Waals surface area contributed by atoms with Crippen LogP contribution in [0, 0.1) is 5.92 Å². The maximum Gasteiger partial charge on any atom is 0.306 e. The second-order valence-corrected chi connectivity index (χ2v) is 14.1. The number of hydrogen-bond donors (Lipinski definition) is 0. The third-order valence-corrected chi connectivity index (χ3v) is 9.65. The van der Waals surface area contributed by atoms with E-state index in [0.29, 0.717) is 18.8 Å². The zero-order chi connectivity index (χ0) is 34.8. The molecule has 4 heteroatoms. The van der Waals surface area contributed by atoms with Gasteiger partial charge in [0.2, 0.25) is 0 Å². The molecule has 276 valence electrons. The molecule has 0 heterocycles. The van der Waals surface area contributed by atoms with Gasteiger partial charge in [0, 0.05) is 12.8 Å². The van der Waals surface area contributed by atoms with Crippen LogP contribution in [0.3, 0.4) is 0 Å². The summed E-state index contributed by atoms with van der Waals surface area (Å²) in [6.07, 6.45) is 48.1. The molecule has 0 spiro atoms. The molecule has 0 unspecified atom stereocenters. The zero-order valence-corrected chi connectivity index (χ0v) is 31.8. The van der Waals surface area contributed by atoms with E-state index in [1.807, 2.05) is 0 Å². The van der Waals surface area contributed by atoms with Crippen molar-refractivity contribution in [1.82, 2.24) is 0 Å². The minimum absolute atomic E-state index is 0.128. The second kappa shape index (κ2) is 33.4. The maximum atomic E-state index is 12.7. The normalized spacial score (nSPS) is 18.5.